The fourth-order valence-electron chi connectivity index (χ4n) is 2.51. The number of benzene rings is 2. The average Bonchev–Trinajstić information content (AvgIpc) is 3.16. The highest BCUT2D eigenvalue weighted by atomic mass is 16.5. The summed E-state index contributed by atoms with van der Waals surface area (Å²) in [5.74, 6) is -0.0518. The molecular weight excluding hydrogens is 360 g/mol. The third-order valence-corrected chi connectivity index (χ3v) is 3.88. The molecule has 1 aromatic heterocycles. The van der Waals surface area contributed by atoms with Gasteiger partial charge in [0.05, 0.1) is 11.8 Å². The number of furan rings is 1. The normalized spacial score (nSPS) is 10.8. The number of rotatable bonds is 7. The molecule has 0 saturated heterocycles. The van der Waals surface area contributed by atoms with Crippen molar-refractivity contribution in [3.63, 3.8) is 0 Å². The molecule has 3 rings (SSSR count). The number of hydrazone groups is 1. The number of carboxylic acid groups (broad SMARTS) is 1. The number of carbonyl (C=O) groups is 2. The van der Waals surface area contributed by atoms with E-state index in [2.05, 4.69) is 10.5 Å². The molecule has 0 aliphatic carbocycles. The van der Waals surface area contributed by atoms with Crippen molar-refractivity contribution in [2.45, 2.75) is 6.92 Å². The summed E-state index contributed by atoms with van der Waals surface area (Å²) in [6.07, 6.45) is 1.33. The Morgan fingerprint density at radius 3 is 2.64 bits per heavy atom. The molecular formula is C21H18N2O5. The van der Waals surface area contributed by atoms with Crippen LogP contribution in [0.3, 0.4) is 0 Å². The van der Waals surface area contributed by atoms with Crippen LogP contribution in [0.4, 0.5) is 0 Å². The largest absolute Gasteiger partial charge is 0.483 e. The number of carbonyl (C=O) groups excluding carboxylic acids is 1. The highest BCUT2D eigenvalue weighted by Crippen LogP contribution is 2.25. The topological polar surface area (TPSA) is 101 Å². The quantitative estimate of drug-likeness (QED) is 0.484. The Morgan fingerprint density at radius 1 is 1.11 bits per heavy atom. The summed E-state index contributed by atoms with van der Waals surface area (Å²) < 4.78 is 11.0. The molecule has 2 aromatic carbocycles. The molecule has 28 heavy (non-hydrogen) atoms. The monoisotopic (exact) mass is 378 g/mol. The van der Waals surface area contributed by atoms with Gasteiger partial charge >= 0.3 is 5.97 Å². The molecule has 1 amide bonds. The van der Waals surface area contributed by atoms with E-state index in [-0.39, 0.29) is 12.2 Å². The van der Waals surface area contributed by atoms with E-state index in [0.29, 0.717) is 22.8 Å². The summed E-state index contributed by atoms with van der Waals surface area (Å²) in [5.41, 5.74) is 3.89. The minimum absolute atomic E-state index is 0.141. The van der Waals surface area contributed by atoms with Crippen molar-refractivity contribution in [3.05, 3.63) is 77.6 Å². The van der Waals surface area contributed by atoms with Gasteiger partial charge in [0.15, 0.2) is 6.61 Å². The van der Waals surface area contributed by atoms with Crippen molar-refractivity contribution in [1.29, 1.82) is 0 Å². The van der Waals surface area contributed by atoms with Crippen LogP contribution in [0, 0.1) is 6.92 Å². The van der Waals surface area contributed by atoms with E-state index in [1.807, 2.05) is 25.1 Å². The van der Waals surface area contributed by atoms with Gasteiger partial charge in [0, 0.05) is 5.56 Å². The molecule has 0 radical (unpaired) electrons. The molecule has 0 atom stereocenters. The Balaban J connectivity index is 1.58. The predicted octanol–water partition coefficient (Wildman–Crippen LogP) is 3.48. The van der Waals surface area contributed by atoms with Gasteiger partial charge in [-0.3, -0.25) is 4.79 Å². The second kappa shape index (κ2) is 8.68. The minimum Gasteiger partial charge on any atom is -0.483 e. The van der Waals surface area contributed by atoms with Gasteiger partial charge < -0.3 is 14.3 Å². The van der Waals surface area contributed by atoms with Crippen LogP contribution < -0.4 is 10.2 Å². The number of aromatic carboxylic acids is 1. The van der Waals surface area contributed by atoms with E-state index in [1.165, 1.54) is 12.3 Å². The lowest BCUT2D eigenvalue weighted by atomic mass is 10.1. The van der Waals surface area contributed by atoms with E-state index in [0.717, 1.165) is 5.56 Å². The zero-order chi connectivity index (χ0) is 19.9. The van der Waals surface area contributed by atoms with Crippen molar-refractivity contribution < 1.29 is 23.8 Å². The number of amides is 1. The van der Waals surface area contributed by atoms with Gasteiger partial charge in [-0.25, -0.2) is 10.2 Å². The number of hydrogen-bond acceptors (Lipinski definition) is 5. The van der Waals surface area contributed by atoms with Crippen LogP contribution in [-0.2, 0) is 4.79 Å². The lowest BCUT2D eigenvalue weighted by molar-refractivity contribution is -0.123. The van der Waals surface area contributed by atoms with Crippen molar-refractivity contribution >= 4 is 18.1 Å². The van der Waals surface area contributed by atoms with Gasteiger partial charge in [-0.2, -0.15) is 5.10 Å². The maximum Gasteiger partial charge on any atom is 0.336 e. The summed E-state index contributed by atoms with van der Waals surface area (Å²) in [6, 6.07) is 17.2. The van der Waals surface area contributed by atoms with Crippen LogP contribution in [-0.4, -0.2) is 29.8 Å². The van der Waals surface area contributed by atoms with Crippen molar-refractivity contribution in [3.8, 4) is 17.1 Å². The standard InChI is InChI=1S/C21H18N2O5/c1-14-6-2-5-9-18(14)27-13-20(24)23-22-12-15-10-11-19(28-15)16-7-3-4-8-17(16)21(25)26/h2-12H,13H2,1H3,(H,23,24)(H,25,26)/b22-12-. The summed E-state index contributed by atoms with van der Waals surface area (Å²) in [6.45, 7) is 1.72. The molecule has 0 unspecified atom stereocenters. The first-order chi connectivity index (χ1) is 13.5. The van der Waals surface area contributed by atoms with Crippen LogP contribution >= 0.6 is 0 Å². The second-order valence-electron chi connectivity index (χ2n) is 5.90. The molecule has 7 heteroatoms. The molecule has 0 aliphatic heterocycles. The molecule has 7 nitrogen and oxygen atoms in total. The zero-order valence-corrected chi connectivity index (χ0v) is 15.1. The SMILES string of the molecule is Cc1ccccc1OCC(=O)N/N=C\c1ccc(-c2ccccc2C(=O)O)o1. The van der Waals surface area contributed by atoms with Crippen molar-refractivity contribution in [2.24, 2.45) is 5.10 Å². The first-order valence-corrected chi connectivity index (χ1v) is 8.47. The van der Waals surface area contributed by atoms with Gasteiger partial charge in [0.1, 0.15) is 17.3 Å². The van der Waals surface area contributed by atoms with Crippen LogP contribution in [0.2, 0.25) is 0 Å². The number of nitrogens with zero attached hydrogens (tertiary/aromatic N) is 1. The van der Waals surface area contributed by atoms with E-state index in [4.69, 9.17) is 9.15 Å². The van der Waals surface area contributed by atoms with E-state index >= 15 is 0 Å². The summed E-state index contributed by atoms with van der Waals surface area (Å²) in [7, 11) is 0. The Morgan fingerprint density at radius 2 is 1.86 bits per heavy atom. The molecule has 0 spiro atoms. The molecule has 0 saturated carbocycles. The third-order valence-electron chi connectivity index (χ3n) is 3.88. The average molecular weight is 378 g/mol. The third kappa shape index (κ3) is 4.64. The highest BCUT2D eigenvalue weighted by molar-refractivity contribution is 5.95. The van der Waals surface area contributed by atoms with Gasteiger partial charge in [-0.15, -0.1) is 0 Å². The maximum absolute atomic E-state index is 11.8. The molecule has 2 N–H and O–H groups in total. The molecule has 1 heterocycles. The van der Waals surface area contributed by atoms with Gasteiger partial charge in [-0.05, 0) is 36.8 Å². The minimum atomic E-state index is -1.04. The Hall–Kier alpha value is -3.87. The van der Waals surface area contributed by atoms with Crippen molar-refractivity contribution in [2.75, 3.05) is 6.61 Å². The summed E-state index contributed by atoms with van der Waals surface area (Å²) >= 11 is 0. The summed E-state index contributed by atoms with van der Waals surface area (Å²) in [4.78, 5) is 23.1. The van der Waals surface area contributed by atoms with Gasteiger partial charge in [0.25, 0.3) is 5.91 Å². The lowest BCUT2D eigenvalue weighted by Crippen LogP contribution is -2.24. The molecule has 3 aromatic rings. The number of hydrogen-bond donors (Lipinski definition) is 2. The number of para-hydroxylation sites is 1. The molecule has 0 fully saturated rings. The first kappa shape index (κ1) is 18.9. The lowest BCUT2D eigenvalue weighted by Gasteiger charge is -2.07. The Labute approximate surface area is 161 Å². The fraction of sp³-hybridized carbons (Fsp3) is 0.0952. The van der Waals surface area contributed by atoms with E-state index in [9.17, 15) is 14.7 Å². The second-order valence-corrected chi connectivity index (χ2v) is 5.90. The number of ether oxygens (including phenoxy) is 1. The first-order valence-electron chi connectivity index (χ1n) is 8.47. The predicted molar refractivity (Wildman–Crippen MR) is 104 cm³/mol. The fourth-order valence-corrected chi connectivity index (χ4v) is 2.51. The van der Waals surface area contributed by atoms with Crippen LogP contribution in [0.5, 0.6) is 5.75 Å². The molecule has 0 bridgehead atoms. The van der Waals surface area contributed by atoms with E-state index < -0.39 is 11.9 Å². The van der Waals surface area contributed by atoms with Crippen molar-refractivity contribution in [1.82, 2.24) is 5.43 Å². The molecule has 142 valence electrons. The summed E-state index contributed by atoms with van der Waals surface area (Å²) in [5, 5.41) is 13.1. The van der Waals surface area contributed by atoms with Crippen LogP contribution in [0.15, 0.2) is 70.2 Å². The number of aryl methyl sites for hydroxylation is 1. The van der Waals surface area contributed by atoms with E-state index in [1.54, 1.807) is 36.4 Å². The Kier molecular flexibility index (Phi) is 5.86. The van der Waals surface area contributed by atoms with Gasteiger partial charge in [0.2, 0.25) is 0 Å². The number of nitrogens with one attached hydrogen (secondary N) is 1. The maximum atomic E-state index is 11.8. The smallest absolute Gasteiger partial charge is 0.336 e. The zero-order valence-electron chi connectivity index (χ0n) is 15.1. The molecule has 0 aliphatic rings. The van der Waals surface area contributed by atoms with Gasteiger partial charge in [-0.1, -0.05) is 36.4 Å². The van der Waals surface area contributed by atoms with Crippen LogP contribution in [0.25, 0.3) is 11.3 Å². The Bertz CT molecular complexity index is 1020. The number of carboxylic acids is 1. The highest BCUT2D eigenvalue weighted by Gasteiger charge is 2.13. The van der Waals surface area contributed by atoms with Crippen LogP contribution in [0.1, 0.15) is 21.7 Å².